The molecule has 0 saturated carbocycles. The molecular formula is C24H27FN8O2. The highest BCUT2D eigenvalue weighted by molar-refractivity contribution is 6.01. The Labute approximate surface area is 200 Å². The van der Waals surface area contributed by atoms with Crippen molar-refractivity contribution >= 4 is 28.0 Å². The van der Waals surface area contributed by atoms with Crippen LogP contribution in [0.1, 0.15) is 26.3 Å². The zero-order valence-electron chi connectivity index (χ0n) is 19.6. The normalized spacial score (nSPS) is 14.7. The van der Waals surface area contributed by atoms with Gasteiger partial charge >= 0.3 is 0 Å². The van der Waals surface area contributed by atoms with Crippen LogP contribution in [0, 0.1) is 5.82 Å². The quantitative estimate of drug-likeness (QED) is 0.260. The summed E-state index contributed by atoms with van der Waals surface area (Å²) in [5.74, 6) is -0.287. The summed E-state index contributed by atoms with van der Waals surface area (Å²) in [7, 11) is 0. The van der Waals surface area contributed by atoms with Crippen molar-refractivity contribution in [2.24, 2.45) is 0 Å². The molecule has 4 aromatic rings. The number of para-hydroxylation sites is 1. The Kier molecular flexibility index (Phi) is 5.98. The number of H-pyrrole nitrogens is 1. The maximum Gasteiger partial charge on any atom is 0.210 e. The van der Waals surface area contributed by atoms with E-state index in [-0.39, 0.29) is 39.9 Å². The summed E-state index contributed by atoms with van der Waals surface area (Å²) in [6.07, 6.45) is 2.42. The summed E-state index contributed by atoms with van der Waals surface area (Å²) in [6, 6.07) is 10.0. The second kappa shape index (κ2) is 9.24. The first-order valence-corrected chi connectivity index (χ1v) is 11.6. The lowest BCUT2D eigenvalue weighted by Crippen LogP contribution is -2.27. The smallest absolute Gasteiger partial charge is 0.210 e. The zero-order valence-corrected chi connectivity index (χ0v) is 19.6. The van der Waals surface area contributed by atoms with Crippen LogP contribution in [0.5, 0.6) is 5.75 Å². The van der Waals surface area contributed by atoms with E-state index >= 15 is 4.39 Å². The number of halogens is 1. The molecule has 0 radical (unpaired) electrons. The molecule has 0 saturated heterocycles. The van der Waals surface area contributed by atoms with Gasteiger partial charge in [0.25, 0.3) is 0 Å². The number of benzene rings is 2. The summed E-state index contributed by atoms with van der Waals surface area (Å²) < 4.78 is 23.3. The van der Waals surface area contributed by atoms with Crippen molar-refractivity contribution in [3.8, 4) is 17.1 Å². The molecule has 0 aliphatic carbocycles. The fraction of sp³-hybridized carbons (Fsp3) is 0.333. The number of nitrogen functional groups attached to an aromatic ring is 1. The Morgan fingerprint density at radius 2 is 2.14 bits per heavy atom. The SMILES string of the molecule is CCN(CCCNc1c(F)c(N)c2c(=O)c(-c3nn[nH]n3)cn3c2c1OC[C@@H]3C)c1ccccc1. The van der Waals surface area contributed by atoms with Crippen molar-refractivity contribution in [1.29, 1.82) is 0 Å². The van der Waals surface area contributed by atoms with Gasteiger partial charge < -0.3 is 25.3 Å². The molecule has 3 heterocycles. The molecule has 35 heavy (non-hydrogen) atoms. The maximum absolute atomic E-state index is 15.5. The van der Waals surface area contributed by atoms with Gasteiger partial charge in [0.05, 0.1) is 28.2 Å². The van der Waals surface area contributed by atoms with Crippen LogP contribution in [-0.2, 0) is 0 Å². The molecule has 1 aliphatic rings. The topological polar surface area (TPSA) is 127 Å². The van der Waals surface area contributed by atoms with Crippen LogP contribution in [0.15, 0.2) is 41.3 Å². The van der Waals surface area contributed by atoms with Crippen LogP contribution in [0.2, 0.25) is 0 Å². The maximum atomic E-state index is 15.5. The summed E-state index contributed by atoms with van der Waals surface area (Å²) in [4.78, 5) is 15.6. The number of hydrogen-bond donors (Lipinski definition) is 3. The number of nitrogens with one attached hydrogen (secondary N) is 2. The van der Waals surface area contributed by atoms with Gasteiger partial charge in [-0.2, -0.15) is 5.21 Å². The van der Waals surface area contributed by atoms with E-state index in [9.17, 15) is 4.79 Å². The summed E-state index contributed by atoms with van der Waals surface area (Å²) in [6.45, 7) is 6.52. The molecule has 0 amide bonds. The van der Waals surface area contributed by atoms with Gasteiger partial charge in [0.2, 0.25) is 11.3 Å². The first kappa shape index (κ1) is 22.6. The van der Waals surface area contributed by atoms with E-state index in [4.69, 9.17) is 10.5 Å². The predicted octanol–water partition coefficient (Wildman–Crippen LogP) is 3.18. The zero-order chi connectivity index (χ0) is 24.5. The number of hydrogen-bond acceptors (Lipinski definition) is 8. The number of ether oxygens (including phenoxy) is 1. The van der Waals surface area contributed by atoms with Crippen LogP contribution in [0.25, 0.3) is 22.3 Å². The van der Waals surface area contributed by atoms with Crippen LogP contribution in [-0.4, -0.2) is 51.4 Å². The minimum absolute atomic E-state index is 0.0538. The fourth-order valence-corrected chi connectivity index (χ4v) is 4.53. The van der Waals surface area contributed by atoms with Gasteiger partial charge in [-0.05, 0) is 37.6 Å². The van der Waals surface area contributed by atoms with Gasteiger partial charge in [-0.3, -0.25) is 4.79 Å². The third-order valence-electron chi connectivity index (χ3n) is 6.34. The minimum atomic E-state index is -0.702. The van der Waals surface area contributed by atoms with Gasteiger partial charge in [-0.1, -0.05) is 18.2 Å². The first-order chi connectivity index (χ1) is 17.0. The Morgan fingerprint density at radius 3 is 2.86 bits per heavy atom. The fourth-order valence-electron chi connectivity index (χ4n) is 4.53. The van der Waals surface area contributed by atoms with Gasteiger partial charge in [0.1, 0.15) is 12.3 Å². The molecule has 0 fully saturated rings. The van der Waals surface area contributed by atoms with E-state index in [2.05, 4.69) is 49.9 Å². The lowest BCUT2D eigenvalue weighted by atomic mass is 10.0. The van der Waals surface area contributed by atoms with Crippen molar-refractivity contribution in [1.82, 2.24) is 25.2 Å². The van der Waals surface area contributed by atoms with E-state index < -0.39 is 11.2 Å². The summed E-state index contributed by atoms with van der Waals surface area (Å²) in [5, 5.41) is 16.9. The number of nitrogens with two attached hydrogens (primary N) is 1. The highest BCUT2D eigenvalue weighted by Crippen LogP contribution is 2.43. The van der Waals surface area contributed by atoms with E-state index in [0.29, 0.717) is 18.7 Å². The number of tetrazole rings is 1. The number of nitrogens with zero attached hydrogens (tertiary/aromatic N) is 5. The molecule has 0 spiro atoms. The van der Waals surface area contributed by atoms with Crippen molar-refractivity contribution < 1.29 is 9.13 Å². The molecule has 4 N–H and O–H groups in total. The average molecular weight is 479 g/mol. The molecule has 2 aromatic carbocycles. The predicted molar refractivity (Wildman–Crippen MR) is 133 cm³/mol. The monoisotopic (exact) mass is 478 g/mol. The molecule has 1 atom stereocenters. The lowest BCUT2D eigenvalue weighted by molar-refractivity contribution is 0.248. The van der Waals surface area contributed by atoms with E-state index in [0.717, 1.165) is 25.2 Å². The molecule has 5 rings (SSSR count). The van der Waals surface area contributed by atoms with Gasteiger partial charge in [-0.25, -0.2) is 4.39 Å². The minimum Gasteiger partial charge on any atom is -0.487 e. The van der Waals surface area contributed by atoms with Crippen molar-refractivity contribution in [3.63, 3.8) is 0 Å². The van der Waals surface area contributed by atoms with Gasteiger partial charge in [-0.15, -0.1) is 10.2 Å². The number of rotatable bonds is 8. The molecule has 11 heteroatoms. The molecule has 182 valence electrons. The Bertz CT molecular complexity index is 1410. The largest absolute Gasteiger partial charge is 0.487 e. The molecular weight excluding hydrogens is 451 g/mol. The molecule has 2 aromatic heterocycles. The third kappa shape index (κ3) is 3.92. The van der Waals surface area contributed by atoms with Crippen LogP contribution < -0.4 is 26.1 Å². The summed E-state index contributed by atoms with van der Waals surface area (Å²) >= 11 is 0. The van der Waals surface area contributed by atoms with Crippen LogP contribution in [0.3, 0.4) is 0 Å². The molecule has 0 bridgehead atoms. The highest BCUT2D eigenvalue weighted by Gasteiger charge is 2.30. The lowest BCUT2D eigenvalue weighted by Gasteiger charge is -2.29. The van der Waals surface area contributed by atoms with E-state index in [1.807, 2.05) is 29.7 Å². The number of aromatic amines is 1. The van der Waals surface area contributed by atoms with Gasteiger partial charge in [0, 0.05) is 31.5 Å². The second-order valence-corrected chi connectivity index (χ2v) is 8.53. The third-order valence-corrected chi connectivity index (χ3v) is 6.34. The van der Waals surface area contributed by atoms with Crippen molar-refractivity contribution in [3.05, 3.63) is 52.6 Å². The number of aromatic nitrogens is 5. The Balaban J connectivity index is 1.48. The molecule has 10 nitrogen and oxygen atoms in total. The number of pyridine rings is 1. The standard InChI is InChI=1S/C24H27FN8O2/c1-3-32(15-8-5-4-6-9-15)11-7-10-27-20-18(25)19(26)17-21-23(20)35-13-14(2)33(21)12-16(22(17)34)24-28-30-31-29-24/h4-6,8-9,12,14,27H,3,7,10-11,13,26H2,1-2H3,(H,28,29,30,31)/t14-/m0/s1. The van der Waals surface area contributed by atoms with E-state index in [1.165, 1.54) is 0 Å². The van der Waals surface area contributed by atoms with Crippen molar-refractivity contribution in [2.75, 3.05) is 42.2 Å². The van der Waals surface area contributed by atoms with Crippen LogP contribution >= 0.6 is 0 Å². The number of anilines is 3. The average Bonchev–Trinajstić information content (AvgIpc) is 3.41. The second-order valence-electron chi connectivity index (χ2n) is 8.53. The highest BCUT2D eigenvalue weighted by atomic mass is 19.1. The molecule has 0 unspecified atom stereocenters. The van der Waals surface area contributed by atoms with Crippen LogP contribution in [0.4, 0.5) is 21.5 Å². The molecule has 1 aliphatic heterocycles. The summed E-state index contributed by atoms with van der Waals surface area (Å²) in [5.41, 5.74) is 7.47. The van der Waals surface area contributed by atoms with Gasteiger partial charge in [0.15, 0.2) is 11.6 Å². The first-order valence-electron chi connectivity index (χ1n) is 11.6. The Hall–Kier alpha value is -4.15. The van der Waals surface area contributed by atoms with E-state index in [1.54, 1.807) is 6.20 Å². The Morgan fingerprint density at radius 1 is 1.34 bits per heavy atom. The van der Waals surface area contributed by atoms with Crippen molar-refractivity contribution in [2.45, 2.75) is 26.3 Å².